The zero-order valence-corrected chi connectivity index (χ0v) is 19.7. The summed E-state index contributed by atoms with van der Waals surface area (Å²) in [5.74, 6) is 0.442. The molecule has 2 aromatic carbocycles. The molecule has 1 aromatic heterocycles. The number of hydrogen-bond acceptors (Lipinski definition) is 5. The van der Waals surface area contributed by atoms with E-state index in [1.54, 1.807) is 29.6 Å². The number of carbonyl (C=O) groups is 2. The maximum atomic E-state index is 12.8. The van der Waals surface area contributed by atoms with Crippen molar-refractivity contribution in [2.75, 3.05) is 0 Å². The molecule has 4 rings (SSSR count). The zero-order valence-electron chi connectivity index (χ0n) is 18.1. The number of amides is 2. The Labute approximate surface area is 202 Å². The highest BCUT2D eigenvalue weighted by Crippen LogP contribution is 2.21. The van der Waals surface area contributed by atoms with E-state index in [4.69, 9.17) is 16.3 Å². The number of ether oxygens (including phenoxy) is 1. The average molecular weight is 484 g/mol. The maximum Gasteiger partial charge on any atom is 0.271 e. The molecule has 1 aliphatic rings. The average Bonchev–Trinajstić information content (AvgIpc) is 3.30. The number of aromatic nitrogens is 1. The molecule has 1 heterocycles. The third-order valence-corrected chi connectivity index (χ3v) is 6.67. The van der Waals surface area contributed by atoms with Gasteiger partial charge in [0.05, 0.1) is 6.42 Å². The molecule has 3 aromatic rings. The number of thiazole rings is 1. The lowest BCUT2D eigenvalue weighted by molar-refractivity contribution is -0.121. The van der Waals surface area contributed by atoms with Gasteiger partial charge in [-0.25, -0.2) is 4.98 Å². The predicted molar refractivity (Wildman–Crippen MR) is 130 cm³/mol. The highest BCUT2D eigenvalue weighted by Gasteiger charge is 2.28. The smallest absolute Gasteiger partial charge is 0.271 e. The molecule has 1 aliphatic carbocycles. The molecule has 1 fully saturated rings. The van der Waals surface area contributed by atoms with E-state index in [1.807, 2.05) is 30.3 Å². The van der Waals surface area contributed by atoms with Crippen LogP contribution in [0.1, 0.15) is 46.7 Å². The van der Waals surface area contributed by atoms with Crippen LogP contribution >= 0.6 is 22.9 Å². The first-order chi connectivity index (χ1) is 16.1. The standard InChI is InChI=1S/C25H26ClN3O3S/c26-18-10-12-19(13-11-18)32-15-24-28-22(16-33-24)25(31)29-21-9-5-4-8-20(21)27-23(30)14-17-6-2-1-3-7-17/h1-3,6-7,10-13,16,20-21H,4-5,8-9,14-15H2,(H,27,30)(H,29,31). The van der Waals surface area contributed by atoms with Crippen LogP contribution in [0.15, 0.2) is 60.0 Å². The third-order valence-electron chi connectivity index (χ3n) is 5.60. The van der Waals surface area contributed by atoms with Gasteiger partial charge in [0.2, 0.25) is 5.91 Å². The molecule has 2 atom stereocenters. The van der Waals surface area contributed by atoms with Crippen LogP contribution in [0.3, 0.4) is 0 Å². The number of halogens is 1. The lowest BCUT2D eigenvalue weighted by Gasteiger charge is -2.32. The normalized spacial score (nSPS) is 17.8. The van der Waals surface area contributed by atoms with Gasteiger partial charge in [-0.05, 0) is 42.7 Å². The van der Waals surface area contributed by atoms with Crippen LogP contribution in [0.4, 0.5) is 0 Å². The highest BCUT2D eigenvalue weighted by molar-refractivity contribution is 7.09. The molecule has 172 valence electrons. The fraction of sp³-hybridized carbons (Fsp3) is 0.320. The molecule has 0 bridgehead atoms. The largest absolute Gasteiger partial charge is 0.486 e. The predicted octanol–water partition coefficient (Wildman–Crippen LogP) is 4.78. The molecule has 2 N–H and O–H groups in total. The summed E-state index contributed by atoms with van der Waals surface area (Å²) in [6.07, 6.45) is 4.07. The third kappa shape index (κ3) is 6.79. The lowest BCUT2D eigenvalue weighted by Crippen LogP contribution is -2.53. The van der Waals surface area contributed by atoms with Gasteiger partial charge in [0.25, 0.3) is 5.91 Å². The van der Waals surface area contributed by atoms with E-state index in [0.717, 1.165) is 31.2 Å². The summed E-state index contributed by atoms with van der Waals surface area (Å²) in [6, 6.07) is 16.6. The van der Waals surface area contributed by atoms with Gasteiger partial charge >= 0.3 is 0 Å². The van der Waals surface area contributed by atoms with Crippen LogP contribution in [-0.2, 0) is 17.8 Å². The van der Waals surface area contributed by atoms with Crippen molar-refractivity contribution in [2.45, 2.75) is 50.8 Å². The van der Waals surface area contributed by atoms with E-state index in [0.29, 0.717) is 27.9 Å². The topological polar surface area (TPSA) is 80.3 Å². The Morgan fingerprint density at radius 2 is 1.70 bits per heavy atom. The Bertz CT molecular complexity index is 1070. The second kappa shape index (κ2) is 11.3. The lowest BCUT2D eigenvalue weighted by atomic mass is 9.90. The van der Waals surface area contributed by atoms with Crippen molar-refractivity contribution in [1.82, 2.24) is 15.6 Å². The first-order valence-corrected chi connectivity index (χ1v) is 12.3. The van der Waals surface area contributed by atoms with Gasteiger partial charge in [-0.2, -0.15) is 0 Å². The van der Waals surface area contributed by atoms with E-state index in [2.05, 4.69) is 15.6 Å². The molecule has 0 aliphatic heterocycles. The number of nitrogens with zero attached hydrogens (tertiary/aromatic N) is 1. The quantitative estimate of drug-likeness (QED) is 0.483. The van der Waals surface area contributed by atoms with Crippen molar-refractivity contribution in [1.29, 1.82) is 0 Å². The molecule has 0 spiro atoms. The molecular weight excluding hydrogens is 458 g/mol. The van der Waals surface area contributed by atoms with Crippen molar-refractivity contribution in [3.8, 4) is 5.75 Å². The second-order valence-electron chi connectivity index (χ2n) is 8.07. The summed E-state index contributed by atoms with van der Waals surface area (Å²) in [6.45, 7) is 0.279. The molecule has 0 radical (unpaired) electrons. The van der Waals surface area contributed by atoms with E-state index in [-0.39, 0.29) is 30.5 Å². The van der Waals surface area contributed by atoms with Gasteiger partial charge in [-0.15, -0.1) is 11.3 Å². The summed E-state index contributed by atoms with van der Waals surface area (Å²) in [5.41, 5.74) is 1.34. The fourth-order valence-corrected chi connectivity index (χ4v) is 4.73. The number of nitrogens with one attached hydrogen (secondary N) is 2. The van der Waals surface area contributed by atoms with Crippen LogP contribution in [0, 0.1) is 0 Å². The molecule has 33 heavy (non-hydrogen) atoms. The summed E-state index contributed by atoms with van der Waals surface area (Å²) in [5, 5.41) is 9.30. The van der Waals surface area contributed by atoms with Gasteiger partial charge < -0.3 is 15.4 Å². The first kappa shape index (κ1) is 23.3. The summed E-state index contributed by atoms with van der Waals surface area (Å²) in [7, 11) is 0. The van der Waals surface area contributed by atoms with Gasteiger partial charge in [0.1, 0.15) is 23.1 Å². The summed E-state index contributed by atoms with van der Waals surface area (Å²) < 4.78 is 5.71. The van der Waals surface area contributed by atoms with E-state index >= 15 is 0 Å². The van der Waals surface area contributed by atoms with Gasteiger partial charge in [0, 0.05) is 22.5 Å². The summed E-state index contributed by atoms with van der Waals surface area (Å²) in [4.78, 5) is 29.8. The van der Waals surface area contributed by atoms with Crippen LogP contribution in [0.25, 0.3) is 0 Å². The Kier molecular flexibility index (Phi) is 7.96. The van der Waals surface area contributed by atoms with Gasteiger partial charge in [-0.1, -0.05) is 54.8 Å². The molecule has 6 nitrogen and oxygen atoms in total. The Morgan fingerprint density at radius 3 is 2.42 bits per heavy atom. The van der Waals surface area contributed by atoms with Gasteiger partial charge in [-0.3, -0.25) is 9.59 Å². The van der Waals surface area contributed by atoms with Crippen LogP contribution in [0.5, 0.6) is 5.75 Å². The van der Waals surface area contributed by atoms with Crippen LogP contribution in [0.2, 0.25) is 5.02 Å². The summed E-state index contributed by atoms with van der Waals surface area (Å²) >= 11 is 7.27. The Balaban J connectivity index is 1.30. The van der Waals surface area contributed by atoms with E-state index in [9.17, 15) is 9.59 Å². The Hall–Kier alpha value is -2.90. The minimum absolute atomic E-state index is 0.0253. The zero-order chi connectivity index (χ0) is 23.0. The van der Waals surface area contributed by atoms with Crippen LogP contribution in [-0.4, -0.2) is 28.9 Å². The van der Waals surface area contributed by atoms with Gasteiger partial charge in [0.15, 0.2) is 0 Å². The maximum absolute atomic E-state index is 12.8. The molecular formula is C25H26ClN3O3S. The fourth-order valence-electron chi connectivity index (χ4n) is 3.92. The van der Waals surface area contributed by atoms with E-state index < -0.39 is 0 Å². The number of hydrogen-bond donors (Lipinski definition) is 2. The molecule has 2 unspecified atom stereocenters. The number of benzene rings is 2. The minimum atomic E-state index is -0.224. The second-order valence-corrected chi connectivity index (χ2v) is 9.45. The highest BCUT2D eigenvalue weighted by atomic mass is 35.5. The van der Waals surface area contributed by atoms with Crippen molar-refractivity contribution in [2.24, 2.45) is 0 Å². The number of rotatable bonds is 8. The van der Waals surface area contributed by atoms with Crippen molar-refractivity contribution in [3.63, 3.8) is 0 Å². The molecule has 0 saturated heterocycles. The number of carbonyl (C=O) groups excluding carboxylic acids is 2. The van der Waals surface area contributed by atoms with Crippen molar-refractivity contribution < 1.29 is 14.3 Å². The monoisotopic (exact) mass is 483 g/mol. The first-order valence-electron chi connectivity index (χ1n) is 11.0. The van der Waals surface area contributed by atoms with E-state index in [1.165, 1.54) is 11.3 Å². The Morgan fingerprint density at radius 1 is 1.00 bits per heavy atom. The van der Waals surface area contributed by atoms with Crippen LogP contribution < -0.4 is 15.4 Å². The van der Waals surface area contributed by atoms with Crippen molar-refractivity contribution in [3.05, 3.63) is 81.3 Å². The molecule has 2 amide bonds. The molecule has 1 saturated carbocycles. The SMILES string of the molecule is O=C(Cc1ccccc1)NC1CCCCC1NC(=O)c1csc(COc2ccc(Cl)cc2)n1. The minimum Gasteiger partial charge on any atom is -0.486 e. The molecule has 8 heteroatoms. The van der Waals surface area contributed by atoms with Crippen molar-refractivity contribution >= 4 is 34.8 Å².